The van der Waals surface area contributed by atoms with E-state index in [-0.39, 0.29) is 67.3 Å². The molecule has 2 aliphatic heterocycles. The SMILES string of the molecule is Cc1cccc(C)c1-c1cc2nc(n1)NS(=O)(=O)c1cccc(c1)C(=O)N(Cc1ccc(N3CCC(C(F)(F)F)CC3)nc1)[C@H](CC(C)C)CO2. The van der Waals surface area contributed by atoms with Crippen molar-refractivity contribution in [3.8, 4) is 17.1 Å². The summed E-state index contributed by atoms with van der Waals surface area (Å²) in [7, 11) is -4.22. The predicted octanol–water partition coefficient (Wildman–Crippen LogP) is 7.18. The molecule has 2 aromatic carbocycles. The van der Waals surface area contributed by atoms with Crippen LogP contribution in [0.3, 0.4) is 0 Å². The predicted molar refractivity (Wildman–Crippen MR) is 188 cm³/mol. The van der Waals surface area contributed by atoms with Crippen LogP contribution in [0.2, 0.25) is 0 Å². The summed E-state index contributed by atoms with van der Waals surface area (Å²) < 4.78 is 75.7. The Labute approximate surface area is 296 Å². The van der Waals surface area contributed by atoms with E-state index in [9.17, 15) is 26.4 Å². The van der Waals surface area contributed by atoms with Gasteiger partial charge in [-0.05, 0) is 80.0 Å². The fourth-order valence-corrected chi connectivity index (χ4v) is 7.73. The zero-order valence-electron chi connectivity index (χ0n) is 28.9. The summed E-state index contributed by atoms with van der Waals surface area (Å²) in [5.74, 6) is -0.992. The average Bonchev–Trinajstić information content (AvgIpc) is 3.08. The molecule has 2 aliphatic rings. The zero-order chi connectivity index (χ0) is 36.5. The van der Waals surface area contributed by atoms with Crippen molar-refractivity contribution >= 4 is 27.7 Å². The Kier molecular flexibility index (Phi) is 10.3. The fraction of sp³-hybridized carbons (Fsp3) is 0.405. The molecule has 4 bridgehead atoms. The van der Waals surface area contributed by atoms with Crippen LogP contribution >= 0.6 is 0 Å². The van der Waals surface area contributed by atoms with Crippen LogP contribution in [-0.4, -0.2) is 66.1 Å². The van der Waals surface area contributed by atoms with Crippen molar-refractivity contribution in [3.63, 3.8) is 0 Å². The molecular formula is C37H41F3N6O4S. The van der Waals surface area contributed by atoms with Crippen LogP contribution in [0.25, 0.3) is 11.3 Å². The number of nitrogens with zero attached hydrogens (tertiary/aromatic N) is 5. The number of nitrogens with one attached hydrogen (secondary N) is 1. The number of rotatable bonds is 6. The van der Waals surface area contributed by atoms with E-state index in [1.807, 2.05) is 56.9 Å². The normalized spacial score (nSPS) is 18.4. The molecule has 10 nitrogen and oxygen atoms in total. The molecule has 1 amide bonds. The van der Waals surface area contributed by atoms with Crippen LogP contribution in [0.1, 0.15) is 60.2 Å². The molecule has 1 N–H and O–H groups in total. The van der Waals surface area contributed by atoms with Gasteiger partial charge in [0.15, 0.2) is 0 Å². The van der Waals surface area contributed by atoms with Gasteiger partial charge in [-0.15, -0.1) is 0 Å². The van der Waals surface area contributed by atoms with E-state index >= 15 is 0 Å². The van der Waals surface area contributed by atoms with Crippen molar-refractivity contribution in [1.29, 1.82) is 0 Å². The molecule has 0 spiro atoms. The topological polar surface area (TPSA) is 118 Å². The van der Waals surface area contributed by atoms with E-state index in [4.69, 9.17) is 4.74 Å². The Morgan fingerprint density at radius 1 is 0.980 bits per heavy atom. The number of halogens is 3. The second kappa shape index (κ2) is 14.5. The highest BCUT2D eigenvalue weighted by atomic mass is 32.2. The number of hydrogen-bond acceptors (Lipinski definition) is 8. The van der Waals surface area contributed by atoms with Crippen LogP contribution in [0.4, 0.5) is 24.9 Å². The minimum Gasteiger partial charge on any atom is -0.475 e. The number of fused-ring (bicyclic) bond motifs is 4. The van der Waals surface area contributed by atoms with Gasteiger partial charge in [0.05, 0.1) is 22.5 Å². The molecule has 4 heterocycles. The second-order valence-electron chi connectivity index (χ2n) is 13.7. The second-order valence-corrected chi connectivity index (χ2v) is 15.4. The Hall–Kier alpha value is -4.72. The highest BCUT2D eigenvalue weighted by Gasteiger charge is 2.41. The van der Waals surface area contributed by atoms with Crippen molar-refractivity contribution in [2.75, 3.05) is 29.3 Å². The van der Waals surface area contributed by atoms with Gasteiger partial charge in [-0.3, -0.25) is 4.79 Å². The van der Waals surface area contributed by atoms with Gasteiger partial charge in [-0.1, -0.05) is 44.2 Å². The Balaban J connectivity index is 1.36. The minimum absolute atomic E-state index is 0.0102. The van der Waals surface area contributed by atoms with Gasteiger partial charge in [0, 0.05) is 43.0 Å². The first kappa shape index (κ1) is 36.1. The molecule has 0 aliphatic carbocycles. The van der Waals surface area contributed by atoms with Gasteiger partial charge < -0.3 is 14.5 Å². The summed E-state index contributed by atoms with van der Waals surface area (Å²) in [5.41, 5.74) is 4.07. The summed E-state index contributed by atoms with van der Waals surface area (Å²) in [5, 5.41) is 0. The smallest absolute Gasteiger partial charge is 0.391 e. The lowest BCUT2D eigenvalue weighted by molar-refractivity contribution is -0.179. The third-order valence-electron chi connectivity index (χ3n) is 9.37. The van der Waals surface area contributed by atoms with Gasteiger partial charge in [0.2, 0.25) is 11.8 Å². The molecule has 0 saturated carbocycles. The van der Waals surface area contributed by atoms with E-state index in [2.05, 4.69) is 19.7 Å². The van der Waals surface area contributed by atoms with Crippen molar-refractivity contribution in [1.82, 2.24) is 19.9 Å². The number of aryl methyl sites for hydroxylation is 2. The number of amides is 1. The van der Waals surface area contributed by atoms with Crippen molar-refractivity contribution < 1.29 is 31.1 Å². The number of benzene rings is 2. The maximum Gasteiger partial charge on any atom is 0.391 e. The van der Waals surface area contributed by atoms with Crippen LogP contribution in [0, 0.1) is 25.7 Å². The van der Waals surface area contributed by atoms with Gasteiger partial charge in [-0.2, -0.15) is 18.2 Å². The number of piperidine rings is 1. The highest BCUT2D eigenvalue weighted by molar-refractivity contribution is 7.92. The molecule has 270 valence electrons. The third kappa shape index (κ3) is 8.27. The van der Waals surface area contributed by atoms with Crippen LogP contribution in [0.5, 0.6) is 5.88 Å². The van der Waals surface area contributed by atoms with Gasteiger partial charge >= 0.3 is 6.18 Å². The number of alkyl halides is 3. The highest BCUT2D eigenvalue weighted by Crippen LogP contribution is 2.35. The van der Waals surface area contributed by atoms with Crippen LogP contribution in [0.15, 0.2) is 71.8 Å². The van der Waals surface area contributed by atoms with Crippen molar-refractivity contribution in [2.45, 2.75) is 70.6 Å². The standard InChI is InChI=1S/C37H41F3N6O4S/c1-23(2)17-29-22-50-33-19-31(34-24(3)7-5-8-25(34)4)42-36(43-33)44-51(48,49)30-10-6-9-27(18-30)35(47)46(29)21-26-11-12-32(41-20-26)45-15-13-28(14-16-45)37(38,39)40/h5-12,18-20,23,28-29H,13-17,21-22H2,1-4H3,(H,42,43,44)/t29-/m1/s1. The number of hydrogen-bond donors (Lipinski definition) is 1. The number of aromatic nitrogens is 3. The molecule has 1 saturated heterocycles. The number of carbonyl (C=O) groups excluding carboxylic acids is 1. The molecule has 2 aromatic heterocycles. The van der Waals surface area contributed by atoms with Gasteiger partial charge in [0.25, 0.3) is 15.9 Å². The molecule has 0 unspecified atom stereocenters. The first-order valence-corrected chi connectivity index (χ1v) is 18.4. The monoisotopic (exact) mass is 722 g/mol. The lowest BCUT2D eigenvalue weighted by Crippen LogP contribution is -2.44. The fourth-order valence-electron chi connectivity index (χ4n) is 6.74. The molecule has 1 fully saturated rings. The van der Waals surface area contributed by atoms with E-state index in [1.54, 1.807) is 29.3 Å². The number of anilines is 2. The molecule has 14 heteroatoms. The van der Waals surface area contributed by atoms with E-state index in [1.165, 1.54) is 18.2 Å². The Morgan fingerprint density at radius 3 is 2.33 bits per heavy atom. The van der Waals surface area contributed by atoms with Crippen LogP contribution < -0.4 is 14.4 Å². The maximum absolute atomic E-state index is 14.4. The number of sulfonamides is 1. The summed E-state index contributed by atoms with van der Waals surface area (Å²) in [6.07, 6.45) is -1.99. The van der Waals surface area contributed by atoms with E-state index < -0.39 is 34.1 Å². The molecule has 0 radical (unpaired) electrons. The summed E-state index contributed by atoms with van der Waals surface area (Å²) >= 11 is 0. The molecule has 4 aromatic rings. The first-order chi connectivity index (χ1) is 24.2. The molecular weight excluding hydrogens is 682 g/mol. The Morgan fingerprint density at radius 2 is 1.69 bits per heavy atom. The Bertz CT molecular complexity index is 1980. The number of carbonyl (C=O) groups is 1. The van der Waals surface area contributed by atoms with Crippen molar-refractivity contribution in [2.24, 2.45) is 11.8 Å². The number of pyridine rings is 1. The third-order valence-corrected chi connectivity index (χ3v) is 10.7. The molecule has 51 heavy (non-hydrogen) atoms. The quantitative estimate of drug-likeness (QED) is 0.223. The lowest BCUT2D eigenvalue weighted by atomic mass is 9.96. The zero-order valence-corrected chi connectivity index (χ0v) is 29.8. The van der Waals surface area contributed by atoms with E-state index in [0.29, 0.717) is 23.5 Å². The van der Waals surface area contributed by atoms with Gasteiger partial charge in [0.1, 0.15) is 12.4 Å². The lowest BCUT2D eigenvalue weighted by Gasteiger charge is -2.34. The van der Waals surface area contributed by atoms with Crippen LogP contribution in [-0.2, 0) is 16.6 Å². The molecule has 1 atom stereocenters. The summed E-state index contributed by atoms with van der Waals surface area (Å²) in [4.78, 5) is 31.3. The average molecular weight is 723 g/mol. The largest absolute Gasteiger partial charge is 0.475 e. The summed E-state index contributed by atoms with van der Waals surface area (Å²) in [6, 6.07) is 16.5. The minimum atomic E-state index is -4.22. The van der Waals surface area contributed by atoms with Crippen molar-refractivity contribution in [3.05, 3.63) is 89.1 Å². The summed E-state index contributed by atoms with van der Waals surface area (Å²) in [6.45, 7) is 8.66. The van der Waals surface area contributed by atoms with E-state index in [0.717, 1.165) is 16.7 Å². The maximum atomic E-state index is 14.4. The first-order valence-electron chi connectivity index (χ1n) is 17.0. The molecule has 6 rings (SSSR count). The van der Waals surface area contributed by atoms with Gasteiger partial charge in [-0.25, -0.2) is 23.1 Å². The number of ether oxygens (including phenoxy) is 1.